The summed E-state index contributed by atoms with van der Waals surface area (Å²) in [5.41, 5.74) is 1.58. The van der Waals surface area contributed by atoms with Crippen LogP contribution in [0.1, 0.15) is 11.1 Å². The number of hydrogen-bond acceptors (Lipinski definition) is 1. The highest BCUT2D eigenvalue weighted by Crippen LogP contribution is 2.31. The van der Waals surface area contributed by atoms with Crippen LogP contribution in [0.15, 0.2) is 48.5 Å². The Labute approximate surface area is 130 Å². The fourth-order valence-electron chi connectivity index (χ4n) is 2.45. The number of nitrogens with zero attached hydrogens (tertiary/aromatic N) is 1. The van der Waals surface area contributed by atoms with Crippen molar-refractivity contribution in [1.29, 1.82) is 0 Å². The van der Waals surface area contributed by atoms with Crippen LogP contribution in [-0.4, -0.2) is 9.55 Å². The first kappa shape index (κ1) is 14.8. The number of H-pyrrole nitrogens is 1. The van der Waals surface area contributed by atoms with Gasteiger partial charge in [-0.3, -0.25) is 0 Å². The van der Waals surface area contributed by atoms with Crippen LogP contribution in [-0.2, 0) is 19.1 Å². The van der Waals surface area contributed by atoms with Gasteiger partial charge in [0.25, 0.3) is 0 Å². The van der Waals surface area contributed by atoms with E-state index in [9.17, 15) is 13.2 Å². The van der Waals surface area contributed by atoms with Gasteiger partial charge in [0.2, 0.25) is 0 Å². The molecule has 0 bridgehead atoms. The van der Waals surface area contributed by atoms with Gasteiger partial charge in [-0.15, -0.1) is 0 Å². The minimum atomic E-state index is -4.35. The van der Waals surface area contributed by atoms with E-state index in [1.165, 1.54) is 6.07 Å². The van der Waals surface area contributed by atoms with Crippen molar-refractivity contribution in [2.24, 2.45) is 0 Å². The summed E-state index contributed by atoms with van der Waals surface area (Å²) in [4.78, 5) is 2.85. The quantitative estimate of drug-likeness (QED) is 0.676. The van der Waals surface area contributed by atoms with E-state index in [2.05, 4.69) is 4.98 Å². The zero-order valence-electron chi connectivity index (χ0n) is 11.5. The standard InChI is InChI=1S/C16H13F3N2S/c17-16(18,19)12-6-7-14-13(10-12)20-15(22)21(14)9-8-11-4-2-1-3-5-11/h1-7,10H,8-9H2,(H,20,22). The van der Waals surface area contributed by atoms with E-state index in [1.807, 2.05) is 34.9 Å². The van der Waals surface area contributed by atoms with Crippen LogP contribution in [0.2, 0.25) is 0 Å². The molecular formula is C16H13F3N2S. The molecule has 0 aliphatic rings. The summed E-state index contributed by atoms with van der Waals surface area (Å²) in [5.74, 6) is 0. The Morgan fingerprint density at radius 1 is 1.05 bits per heavy atom. The van der Waals surface area contributed by atoms with E-state index in [4.69, 9.17) is 12.2 Å². The second-order valence-corrected chi connectivity index (χ2v) is 5.43. The Kier molecular flexibility index (Phi) is 3.78. The number of halogens is 3. The molecule has 0 spiro atoms. The first-order valence-electron chi connectivity index (χ1n) is 6.79. The third kappa shape index (κ3) is 2.92. The van der Waals surface area contributed by atoms with Gasteiger partial charge in [0, 0.05) is 6.54 Å². The molecule has 114 valence electrons. The first-order valence-corrected chi connectivity index (χ1v) is 7.20. The summed E-state index contributed by atoms with van der Waals surface area (Å²) in [7, 11) is 0. The van der Waals surface area contributed by atoms with Crippen LogP contribution in [0, 0.1) is 4.77 Å². The van der Waals surface area contributed by atoms with Crippen LogP contribution in [0.4, 0.5) is 13.2 Å². The van der Waals surface area contributed by atoms with E-state index in [1.54, 1.807) is 0 Å². The predicted molar refractivity (Wildman–Crippen MR) is 82.3 cm³/mol. The van der Waals surface area contributed by atoms with Crippen molar-refractivity contribution < 1.29 is 13.2 Å². The van der Waals surface area contributed by atoms with Gasteiger partial charge in [0.05, 0.1) is 16.6 Å². The molecule has 3 aromatic rings. The number of hydrogen-bond donors (Lipinski definition) is 1. The number of aryl methyl sites for hydroxylation is 2. The van der Waals surface area contributed by atoms with Crippen molar-refractivity contribution in [3.8, 4) is 0 Å². The summed E-state index contributed by atoms with van der Waals surface area (Å²) in [6.45, 7) is 0.619. The second-order valence-electron chi connectivity index (χ2n) is 5.05. The average Bonchev–Trinajstić information content (AvgIpc) is 2.80. The molecule has 0 amide bonds. The van der Waals surface area contributed by atoms with Gasteiger partial charge in [-0.25, -0.2) is 0 Å². The SMILES string of the molecule is FC(F)(F)c1ccc2c(c1)[nH]c(=S)n2CCc1ccccc1. The molecule has 3 rings (SSSR count). The summed E-state index contributed by atoms with van der Waals surface area (Å²) in [6.07, 6.45) is -3.58. The number of aromatic amines is 1. The molecule has 0 aliphatic carbocycles. The topological polar surface area (TPSA) is 20.7 Å². The number of imidazole rings is 1. The van der Waals surface area contributed by atoms with Crippen LogP contribution in [0.5, 0.6) is 0 Å². The minimum absolute atomic E-state index is 0.410. The molecule has 2 nitrogen and oxygen atoms in total. The number of nitrogens with one attached hydrogen (secondary N) is 1. The zero-order chi connectivity index (χ0) is 15.7. The van der Waals surface area contributed by atoms with Gasteiger partial charge in [-0.05, 0) is 42.4 Å². The van der Waals surface area contributed by atoms with Crippen molar-refractivity contribution >= 4 is 23.3 Å². The van der Waals surface area contributed by atoms with Crippen LogP contribution < -0.4 is 0 Å². The fraction of sp³-hybridized carbons (Fsp3) is 0.188. The van der Waals surface area contributed by atoms with E-state index in [0.29, 0.717) is 22.3 Å². The van der Waals surface area contributed by atoms with Gasteiger partial charge >= 0.3 is 6.18 Å². The average molecular weight is 322 g/mol. The van der Waals surface area contributed by atoms with Crippen molar-refractivity contribution in [3.05, 3.63) is 64.4 Å². The highest BCUT2D eigenvalue weighted by Gasteiger charge is 2.30. The highest BCUT2D eigenvalue weighted by molar-refractivity contribution is 7.71. The maximum atomic E-state index is 12.7. The van der Waals surface area contributed by atoms with E-state index < -0.39 is 11.7 Å². The summed E-state index contributed by atoms with van der Waals surface area (Å²) in [6, 6.07) is 13.5. The Balaban J connectivity index is 1.93. The Bertz CT molecular complexity index is 847. The lowest BCUT2D eigenvalue weighted by Crippen LogP contribution is -2.05. The van der Waals surface area contributed by atoms with Crippen molar-refractivity contribution in [2.45, 2.75) is 19.1 Å². The Morgan fingerprint density at radius 3 is 2.45 bits per heavy atom. The van der Waals surface area contributed by atoms with Gasteiger partial charge in [-0.2, -0.15) is 13.2 Å². The molecule has 0 atom stereocenters. The number of alkyl halides is 3. The second kappa shape index (κ2) is 5.61. The van der Waals surface area contributed by atoms with Gasteiger partial charge in [0.15, 0.2) is 4.77 Å². The van der Waals surface area contributed by atoms with Crippen LogP contribution in [0.3, 0.4) is 0 Å². The smallest absolute Gasteiger partial charge is 0.331 e. The molecule has 1 aromatic heterocycles. The lowest BCUT2D eigenvalue weighted by atomic mass is 10.1. The number of aromatic nitrogens is 2. The molecule has 0 aliphatic heterocycles. The maximum Gasteiger partial charge on any atom is 0.416 e. The molecular weight excluding hydrogens is 309 g/mol. The third-order valence-corrected chi connectivity index (χ3v) is 3.89. The molecule has 2 aromatic carbocycles. The summed E-state index contributed by atoms with van der Waals surface area (Å²) < 4.78 is 40.5. The minimum Gasteiger partial charge on any atom is -0.331 e. The highest BCUT2D eigenvalue weighted by atomic mass is 32.1. The third-order valence-electron chi connectivity index (χ3n) is 3.57. The van der Waals surface area contributed by atoms with Gasteiger partial charge < -0.3 is 9.55 Å². The fourth-order valence-corrected chi connectivity index (χ4v) is 2.75. The maximum absolute atomic E-state index is 12.7. The van der Waals surface area contributed by atoms with Crippen molar-refractivity contribution in [2.75, 3.05) is 0 Å². The van der Waals surface area contributed by atoms with E-state index in [-0.39, 0.29) is 0 Å². The number of rotatable bonds is 3. The van der Waals surface area contributed by atoms with Gasteiger partial charge in [-0.1, -0.05) is 30.3 Å². The Hall–Kier alpha value is -2.08. The monoisotopic (exact) mass is 322 g/mol. The first-order chi connectivity index (χ1) is 10.4. The molecule has 6 heteroatoms. The molecule has 0 radical (unpaired) electrons. The summed E-state index contributed by atoms with van der Waals surface area (Å²) >= 11 is 5.23. The molecule has 1 N–H and O–H groups in total. The van der Waals surface area contributed by atoms with Crippen LogP contribution in [0.25, 0.3) is 11.0 Å². The molecule has 0 saturated carbocycles. The molecule has 0 saturated heterocycles. The molecule has 0 fully saturated rings. The van der Waals surface area contributed by atoms with E-state index >= 15 is 0 Å². The van der Waals surface area contributed by atoms with Crippen molar-refractivity contribution in [1.82, 2.24) is 9.55 Å². The normalized spacial score (nSPS) is 12.0. The lowest BCUT2D eigenvalue weighted by molar-refractivity contribution is -0.137. The molecule has 22 heavy (non-hydrogen) atoms. The molecule has 1 heterocycles. The largest absolute Gasteiger partial charge is 0.416 e. The number of fused-ring (bicyclic) bond motifs is 1. The summed E-state index contributed by atoms with van der Waals surface area (Å²) in [5, 5.41) is 0. The molecule has 0 unspecified atom stereocenters. The van der Waals surface area contributed by atoms with Crippen LogP contribution >= 0.6 is 12.2 Å². The predicted octanol–water partition coefficient (Wildman–Crippen LogP) is 4.96. The zero-order valence-corrected chi connectivity index (χ0v) is 12.3. The van der Waals surface area contributed by atoms with Crippen molar-refractivity contribution in [3.63, 3.8) is 0 Å². The van der Waals surface area contributed by atoms with Gasteiger partial charge in [0.1, 0.15) is 0 Å². The lowest BCUT2D eigenvalue weighted by Gasteiger charge is -2.07. The number of benzene rings is 2. The Morgan fingerprint density at radius 2 is 1.77 bits per heavy atom. The van der Waals surface area contributed by atoms with E-state index in [0.717, 1.165) is 24.1 Å².